The Kier molecular flexibility index (Phi) is 20.2. The number of hydrogen-bond acceptors (Lipinski definition) is 11. The number of carbonyl (C=O) groups excluding carboxylic acids is 5. The Bertz CT molecular complexity index is 1760. The lowest BCUT2D eigenvalue weighted by molar-refractivity contribution is -0.148. The molecule has 3 rings (SSSR count). The van der Waals surface area contributed by atoms with Gasteiger partial charge in [0.25, 0.3) is 0 Å². The lowest BCUT2D eigenvalue weighted by Crippen LogP contribution is -2.60. The SMILES string of the molecule is CC[C@H](C)[C@@H]([C@@H](CC(=O)N1CCC[C@H]1[C@H](OC)[C@@H](C)C(=O)N[C@H](C)[C@@H](O)c1ccccc1)OC)N(C)C(=O)[C@@H](NC(=O)[C@H](C(C)C)N(C)Cc1ccnc(OC(N)=O)c1)C(C)C. The Morgan fingerprint density at radius 3 is 2.16 bits per heavy atom. The van der Waals surface area contributed by atoms with Gasteiger partial charge in [0.15, 0.2) is 0 Å². The molecule has 0 radical (unpaired) electrons. The summed E-state index contributed by atoms with van der Waals surface area (Å²) in [4.78, 5) is 77.1. The fourth-order valence-electron chi connectivity index (χ4n) is 8.76. The van der Waals surface area contributed by atoms with Crippen LogP contribution in [0.4, 0.5) is 4.79 Å². The van der Waals surface area contributed by atoms with Crippen LogP contribution in [0.25, 0.3) is 0 Å². The first kappa shape index (κ1) is 51.7. The van der Waals surface area contributed by atoms with Crippen LogP contribution in [0.1, 0.15) is 98.3 Å². The van der Waals surface area contributed by atoms with E-state index in [2.05, 4.69) is 15.6 Å². The van der Waals surface area contributed by atoms with Crippen molar-refractivity contribution < 1.29 is 43.3 Å². The van der Waals surface area contributed by atoms with Crippen molar-refractivity contribution in [1.82, 2.24) is 30.3 Å². The van der Waals surface area contributed by atoms with Crippen LogP contribution in [-0.2, 0) is 35.2 Å². The zero-order chi connectivity index (χ0) is 46.4. The van der Waals surface area contributed by atoms with Crippen LogP contribution in [0.3, 0.4) is 0 Å². The molecule has 5 N–H and O–H groups in total. The number of pyridine rings is 1. The van der Waals surface area contributed by atoms with Crippen molar-refractivity contribution in [2.75, 3.05) is 34.9 Å². The zero-order valence-corrected chi connectivity index (χ0v) is 38.9. The molecule has 1 aliphatic rings. The lowest BCUT2D eigenvalue weighted by atomic mass is 9.89. The molecular weight excluding hydrogens is 795 g/mol. The second-order valence-corrected chi connectivity index (χ2v) is 17.5. The van der Waals surface area contributed by atoms with Crippen molar-refractivity contribution in [2.24, 2.45) is 29.4 Å². The van der Waals surface area contributed by atoms with E-state index in [4.69, 9.17) is 19.9 Å². The van der Waals surface area contributed by atoms with Crippen LogP contribution in [-0.4, -0.2) is 132 Å². The van der Waals surface area contributed by atoms with Crippen molar-refractivity contribution in [3.8, 4) is 5.88 Å². The molecule has 0 bridgehead atoms. The van der Waals surface area contributed by atoms with Crippen molar-refractivity contribution in [2.45, 2.75) is 136 Å². The highest BCUT2D eigenvalue weighted by Crippen LogP contribution is 2.30. The van der Waals surface area contributed by atoms with Gasteiger partial charge in [-0.15, -0.1) is 0 Å². The number of methoxy groups -OCH3 is 2. The second kappa shape index (κ2) is 24.3. The quantitative estimate of drug-likeness (QED) is 0.124. The average molecular weight is 868 g/mol. The highest BCUT2D eigenvalue weighted by atomic mass is 16.6. The molecule has 0 aliphatic carbocycles. The topological polar surface area (TPSA) is 206 Å². The Morgan fingerprint density at radius 1 is 0.935 bits per heavy atom. The Balaban J connectivity index is 1.77. The van der Waals surface area contributed by atoms with Gasteiger partial charge in [0, 0.05) is 46.6 Å². The maximum absolute atomic E-state index is 14.6. The fraction of sp³-hybridized carbons (Fsp3) is 0.652. The number of aliphatic hydroxyl groups is 1. The maximum atomic E-state index is 14.6. The Labute approximate surface area is 368 Å². The van der Waals surface area contributed by atoms with E-state index >= 15 is 0 Å². The van der Waals surface area contributed by atoms with Crippen LogP contribution in [0.2, 0.25) is 0 Å². The molecule has 10 atom stereocenters. The Morgan fingerprint density at radius 2 is 1.60 bits per heavy atom. The molecule has 1 saturated heterocycles. The first-order chi connectivity index (χ1) is 29.3. The number of aliphatic hydroxyl groups excluding tert-OH is 1. The van der Waals surface area contributed by atoms with E-state index in [0.717, 1.165) is 12.0 Å². The number of likely N-dealkylation sites (tertiary alicyclic amines) is 1. The molecule has 16 heteroatoms. The van der Waals surface area contributed by atoms with Crippen molar-refractivity contribution in [3.05, 3.63) is 59.8 Å². The molecule has 1 aliphatic heterocycles. The molecule has 2 heterocycles. The number of likely N-dealkylation sites (N-methyl/N-ethyl adjacent to an activating group) is 2. The number of nitrogens with two attached hydrogens (primary N) is 1. The van der Waals surface area contributed by atoms with Crippen LogP contribution >= 0.6 is 0 Å². The largest absolute Gasteiger partial charge is 0.411 e. The summed E-state index contributed by atoms with van der Waals surface area (Å²) in [5.41, 5.74) is 6.60. The van der Waals surface area contributed by atoms with E-state index < -0.39 is 54.5 Å². The number of nitrogens with zero attached hydrogens (tertiary/aromatic N) is 4. The van der Waals surface area contributed by atoms with E-state index in [9.17, 15) is 29.1 Å². The van der Waals surface area contributed by atoms with Gasteiger partial charge in [-0.2, -0.15) is 0 Å². The molecule has 5 amide bonds. The van der Waals surface area contributed by atoms with E-state index in [0.29, 0.717) is 31.5 Å². The first-order valence-corrected chi connectivity index (χ1v) is 21.8. The van der Waals surface area contributed by atoms with Gasteiger partial charge in [-0.1, -0.05) is 85.2 Å². The third-order valence-electron chi connectivity index (χ3n) is 12.3. The number of nitrogens with one attached hydrogen (secondary N) is 2. The summed E-state index contributed by atoms with van der Waals surface area (Å²) >= 11 is 0. The number of benzene rings is 1. The van der Waals surface area contributed by atoms with Gasteiger partial charge in [-0.05, 0) is 61.8 Å². The molecule has 0 saturated carbocycles. The number of primary amides is 1. The standard InChI is InChI=1S/C46H73N7O9/c1-13-29(6)40(52(10)45(58)38(27(2)3)50-44(57)39(28(4)5)51(9)26-32-21-22-48-36(24-32)62-46(47)59)35(60-11)25-37(54)53-23-17-20-34(53)42(61-12)30(7)43(56)49-31(8)41(55)33-18-15-14-16-19-33/h14-16,18-19,21-22,24,27-31,34-35,38-42,55H,13,17,20,23,25-26H2,1-12H3,(H2,47,59)(H,49,56)(H,50,57)/t29-,30+,31+,34-,35+,38-,39-,40-,41+,42+/m0/s1. The second-order valence-electron chi connectivity index (χ2n) is 17.5. The minimum atomic E-state index is -0.979. The van der Waals surface area contributed by atoms with Crippen LogP contribution in [0, 0.1) is 23.7 Å². The summed E-state index contributed by atoms with van der Waals surface area (Å²) in [5, 5.41) is 16.9. The molecule has 2 aromatic rings. The monoisotopic (exact) mass is 868 g/mol. The smallest absolute Gasteiger partial charge is 0.391 e. The minimum Gasteiger partial charge on any atom is -0.391 e. The van der Waals surface area contributed by atoms with Crippen molar-refractivity contribution in [3.63, 3.8) is 0 Å². The van der Waals surface area contributed by atoms with Crippen LogP contribution < -0.4 is 21.1 Å². The fourth-order valence-corrected chi connectivity index (χ4v) is 8.76. The number of aromatic nitrogens is 1. The van der Waals surface area contributed by atoms with E-state index in [-0.39, 0.29) is 59.7 Å². The summed E-state index contributed by atoms with van der Waals surface area (Å²) in [7, 11) is 6.60. The van der Waals surface area contributed by atoms with Crippen LogP contribution in [0.15, 0.2) is 48.7 Å². The van der Waals surface area contributed by atoms with Gasteiger partial charge in [0.2, 0.25) is 29.5 Å². The normalized spacial score (nSPS) is 18.6. The molecule has 1 fully saturated rings. The van der Waals surface area contributed by atoms with Crippen molar-refractivity contribution in [1.29, 1.82) is 0 Å². The van der Waals surface area contributed by atoms with Gasteiger partial charge in [0.1, 0.15) is 6.04 Å². The summed E-state index contributed by atoms with van der Waals surface area (Å²) in [5.74, 6) is -2.16. The molecule has 1 aromatic heterocycles. The molecule has 0 spiro atoms. The summed E-state index contributed by atoms with van der Waals surface area (Å²) in [6, 6.07) is 9.51. The number of carbonyl (C=O) groups is 5. The van der Waals surface area contributed by atoms with Gasteiger partial charge in [0.05, 0.1) is 54.8 Å². The Hall–Kier alpha value is -4.64. The number of hydrogen-bond donors (Lipinski definition) is 4. The molecule has 346 valence electrons. The third-order valence-corrected chi connectivity index (χ3v) is 12.3. The van der Waals surface area contributed by atoms with Gasteiger partial charge >= 0.3 is 6.09 Å². The zero-order valence-electron chi connectivity index (χ0n) is 38.9. The van der Waals surface area contributed by atoms with Gasteiger partial charge in [-0.25, -0.2) is 9.78 Å². The maximum Gasteiger partial charge on any atom is 0.411 e. The highest BCUT2D eigenvalue weighted by Gasteiger charge is 2.43. The number of amides is 5. The van der Waals surface area contributed by atoms with E-state index in [1.807, 2.05) is 83.8 Å². The van der Waals surface area contributed by atoms with E-state index in [1.165, 1.54) is 6.20 Å². The minimum absolute atomic E-state index is 0.0168. The van der Waals surface area contributed by atoms with Crippen molar-refractivity contribution >= 4 is 29.7 Å². The molecule has 1 aromatic carbocycles. The highest BCUT2D eigenvalue weighted by molar-refractivity contribution is 5.90. The lowest BCUT2D eigenvalue weighted by Gasteiger charge is -2.41. The van der Waals surface area contributed by atoms with E-state index in [1.54, 1.807) is 57.0 Å². The molecular formula is C46H73N7O9. The molecule has 62 heavy (non-hydrogen) atoms. The van der Waals surface area contributed by atoms with Crippen LogP contribution in [0.5, 0.6) is 5.88 Å². The molecule has 16 nitrogen and oxygen atoms in total. The molecule has 0 unspecified atom stereocenters. The first-order valence-electron chi connectivity index (χ1n) is 21.8. The number of ether oxygens (including phenoxy) is 3. The average Bonchev–Trinajstić information content (AvgIpc) is 3.71. The summed E-state index contributed by atoms with van der Waals surface area (Å²) in [6.07, 6.45) is 0.371. The third kappa shape index (κ3) is 13.7. The predicted molar refractivity (Wildman–Crippen MR) is 236 cm³/mol. The summed E-state index contributed by atoms with van der Waals surface area (Å²) < 4.78 is 16.9. The van der Waals surface area contributed by atoms with Gasteiger partial charge < -0.3 is 45.5 Å². The van der Waals surface area contributed by atoms with Gasteiger partial charge in [-0.3, -0.25) is 24.1 Å². The number of rotatable bonds is 23. The summed E-state index contributed by atoms with van der Waals surface area (Å²) in [6.45, 7) is 16.0. The predicted octanol–water partition coefficient (Wildman–Crippen LogP) is 4.29.